The van der Waals surface area contributed by atoms with Crippen molar-refractivity contribution in [1.29, 1.82) is 0 Å². The lowest BCUT2D eigenvalue weighted by molar-refractivity contribution is -0.384. The van der Waals surface area contributed by atoms with Gasteiger partial charge < -0.3 is 15.4 Å². The molecule has 0 aromatic heterocycles. The van der Waals surface area contributed by atoms with Gasteiger partial charge in [0.1, 0.15) is 0 Å². The summed E-state index contributed by atoms with van der Waals surface area (Å²) in [7, 11) is 1.70. The summed E-state index contributed by atoms with van der Waals surface area (Å²) in [4.78, 5) is 35.0. The molecule has 4 unspecified atom stereocenters. The fourth-order valence-electron chi connectivity index (χ4n) is 4.15. The zero-order valence-electron chi connectivity index (χ0n) is 15.7. The van der Waals surface area contributed by atoms with Gasteiger partial charge in [-0.2, -0.15) is 0 Å². The van der Waals surface area contributed by atoms with E-state index in [-0.39, 0.29) is 40.2 Å². The number of nitrogens with one attached hydrogen (secondary N) is 2. The highest BCUT2D eigenvalue weighted by molar-refractivity contribution is 6.33. The number of carbonyl (C=O) groups excluding carboxylic acids is 2. The van der Waals surface area contributed by atoms with Gasteiger partial charge in [0.15, 0.2) is 0 Å². The first kappa shape index (κ1) is 20.5. The number of halogens is 1. The second-order valence-electron chi connectivity index (χ2n) is 7.44. The maximum atomic E-state index is 12.4. The van der Waals surface area contributed by atoms with Crippen molar-refractivity contribution in [1.82, 2.24) is 10.6 Å². The Hall–Kier alpha value is -2.19. The van der Waals surface area contributed by atoms with E-state index < -0.39 is 10.8 Å². The number of nitro benzene ring substituents is 1. The third kappa shape index (κ3) is 4.62. The minimum absolute atomic E-state index is 0.0145. The number of benzene rings is 1. The van der Waals surface area contributed by atoms with Crippen molar-refractivity contribution < 1.29 is 19.2 Å². The molecule has 0 bridgehead atoms. The van der Waals surface area contributed by atoms with Crippen LogP contribution in [0.15, 0.2) is 18.2 Å². The molecular weight excluding hydrogens is 386 g/mol. The molecule has 2 fully saturated rings. The van der Waals surface area contributed by atoms with Gasteiger partial charge in [0.25, 0.3) is 11.6 Å². The van der Waals surface area contributed by atoms with Crippen molar-refractivity contribution in [3.8, 4) is 0 Å². The normalized spacial score (nSPS) is 26.9. The van der Waals surface area contributed by atoms with E-state index in [2.05, 4.69) is 10.6 Å². The summed E-state index contributed by atoms with van der Waals surface area (Å²) in [6, 6.07) is 3.91. The SMILES string of the molecule is COC1CCC2CC(CCNC(=O)c3cc([N+](=O)[O-])ccc3Cl)C(=O)NC2C1. The molecule has 1 aliphatic heterocycles. The Morgan fingerprint density at radius 3 is 2.89 bits per heavy atom. The summed E-state index contributed by atoms with van der Waals surface area (Å²) in [5, 5.41) is 16.8. The monoisotopic (exact) mass is 409 g/mol. The maximum Gasteiger partial charge on any atom is 0.270 e. The summed E-state index contributed by atoms with van der Waals surface area (Å²) in [5.41, 5.74) is -0.138. The Morgan fingerprint density at radius 2 is 2.18 bits per heavy atom. The maximum absolute atomic E-state index is 12.4. The molecule has 9 heteroatoms. The molecule has 4 atom stereocenters. The molecule has 1 aliphatic carbocycles. The van der Waals surface area contributed by atoms with Gasteiger partial charge in [-0.25, -0.2) is 0 Å². The quantitative estimate of drug-likeness (QED) is 0.554. The lowest BCUT2D eigenvalue weighted by atomic mass is 9.74. The lowest BCUT2D eigenvalue weighted by Crippen LogP contribution is -2.53. The van der Waals surface area contributed by atoms with Gasteiger partial charge in [-0.15, -0.1) is 0 Å². The Morgan fingerprint density at radius 1 is 1.39 bits per heavy atom. The Balaban J connectivity index is 1.53. The van der Waals surface area contributed by atoms with E-state index in [4.69, 9.17) is 16.3 Å². The number of piperidine rings is 1. The smallest absolute Gasteiger partial charge is 0.270 e. The summed E-state index contributed by atoms with van der Waals surface area (Å²) >= 11 is 5.99. The van der Waals surface area contributed by atoms with Crippen LogP contribution in [0.3, 0.4) is 0 Å². The number of hydrogen-bond acceptors (Lipinski definition) is 5. The zero-order chi connectivity index (χ0) is 20.3. The van der Waals surface area contributed by atoms with Gasteiger partial charge in [0.05, 0.1) is 21.6 Å². The number of carbonyl (C=O) groups is 2. The third-order valence-electron chi connectivity index (χ3n) is 5.75. The largest absolute Gasteiger partial charge is 0.381 e. The summed E-state index contributed by atoms with van der Waals surface area (Å²) in [6.07, 6.45) is 4.40. The van der Waals surface area contributed by atoms with Crippen LogP contribution in [0.1, 0.15) is 42.5 Å². The molecule has 0 spiro atoms. The van der Waals surface area contributed by atoms with Crippen LogP contribution in [0.2, 0.25) is 5.02 Å². The molecule has 8 nitrogen and oxygen atoms in total. The topological polar surface area (TPSA) is 111 Å². The van der Waals surface area contributed by atoms with Crippen LogP contribution >= 0.6 is 11.6 Å². The van der Waals surface area contributed by atoms with Gasteiger partial charge in [-0.05, 0) is 44.1 Å². The molecule has 28 heavy (non-hydrogen) atoms. The standard InChI is InChI=1S/C19H24ClN3O5/c1-28-14-4-2-11-8-12(18(24)22-17(11)10-14)6-7-21-19(25)15-9-13(23(26)27)3-5-16(15)20/h3,5,9,11-12,14,17H,2,4,6-8,10H2,1H3,(H,21,25)(H,22,24). The van der Waals surface area contributed by atoms with Crippen LogP contribution in [0.25, 0.3) is 0 Å². The molecule has 3 rings (SSSR count). The predicted molar refractivity (Wildman–Crippen MR) is 103 cm³/mol. The zero-order valence-corrected chi connectivity index (χ0v) is 16.4. The van der Waals surface area contributed by atoms with Gasteiger partial charge in [0.2, 0.25) is 5.91 Å². The van der Waals surface area contributed by atoms with E-state index >= 15 is 0 Å². The van der Waals surface area contributed by atoms with Gasteiger partial charge in [-0.3, -0.25) is 19.7 Å². The van der Waals surface area contributed by atoms with E-state index in [1.54, 1.807) is 7.11 Å². The average molecular weight is 410 g/mol. The van der Waals surface area contributed by atoms with Crippen LogP contribution in [0, 0.1) is 22.0 Å². The molecule has 2 aliphatic rings. The van der Waals surface area contributed by atoms with Crippen LogP contribution in [-0.4, -0.2) is 42.5 Å². The molecule has 2 N–H and O–H groups in total. The average Bonchev–Trinajstić information content (AvgIpc) is 2.67. The number of hydrogen-bond donors (Lipinski definition) is 2. The predicted octanol–water partition coefficient (Wildman–Crippen LogP) is 2.69. The van der Waals surface area contributed by atoms with E-state index in [1.807, 2.05) is 0 Å². The number of rotatable bonds is 6. The number of nitrogens with zero attached hydrogens (tertiary/aromatic N) is 1. The summed E-state index contributed by atoms with van der Waals surface area (Å²) in [6.45, 7) is 0.300. The second-order valence-corrected chi connectivity index (χ2v) is 7.85. The number of methoxy groups -OCH3 is 1. The molecule has 0 radical (unpaired) electrons. The Bertz CT molecular complexity index is 772. The van der Waals surface area contributed by atoms with E-state index in [0.29, 0.717) is 18.9 Å². The molecule has 1 aromatic rings. The van der Waals surface area contributed by atoms with Crippen molar-refractivity contribution in [3.05, 3.63) is 38.9 Å². The highest BCUT2D eigenvalue weighted by atomic mass is 35.5. The molecule has 1 saturated carbocycles. The van der Waals surface area contributed by atoms with E-state index in [1.165, 1.54) is 12.1 Å². The second kappa shape index (κ2) is 8.87. The van der Waals surface area contributed by atoms with Gasteiger partial charge >= 0.3 is 0 Å². The van der Waals surface area contributed by atoms with Gasteiger partial charge in [0, 0.05) is 37.7 Å². The molecular formula is C19H24ClN3O5. The number of amides is 2. The molecule has 1 aromatic carbocycles. The Labute approximate surface area is 168 Å². The number of non-ortho nitro benzene ring substituents is 1. The first-order valence-electron chi connectivity index (χ1n) is 9.44. The highest BCUT2D eigenvalue weighted by Gasteiger charge is 2.39. The summed E-state index contributed by atoms with van der Waals surface area (Å²) < 4.78 is 5.42. The van der Waals surface area contributed by atoms with Crippen molar-refractivity contribution in [2.45, 2.75) is 44.2 Å². The van der Waals surface area contributed by atoms with Crippen LogP contribution in [0.5, 0.6) is 0 Å². The van der Waals surface area contributed by atoms with Crippen molar-refractivity contribution in [3.63, 3.8) is 0 Å². The van der Waals surface area contributed by atoms with Crippen LogP contribution in [-0.2, 0) is 9.53 Å². The first-order chi connectivity index (χ1) is 13.4. The Kier molecular flexibility index (Phi) is 6.51. The van der Waals surface area contributed by atoms with Gasteiger partial charge in [-0.1, -0.05) is 11.6 Å². The third-order valence-corrected chi connectivity index (χ3v) is 6.08. The molecule has 152 valence electrons. The fourth-order valence-corrected chi connectivity index (χ4v) is 4.35. The minimum Gasteiger partial charge on any atom is -0.381 e. The van der Waals surface area contributed by atoms with Crippen LogP contribution < -0.4 is 10.6 Å². The van der Waals surface area contributed by atoms with Crippen LogP contribution in [0.4, 0.5) is 5.69 Å². The van der Waals surface area contributed by atoms with Crippen molar-refractivity contribution >= 4 is 29.1 Å². The minimum atomic E-state index is -0.575. The number of ether oxygens (including phenoxy) is 1. The summed E-state index contributed by atoms with van der Waals surface area (Å²) in [5.74, 6) is -0.179. The highest BCUT2D eigenvalue weighted by Crippen LogP contribution is 2.35. The first-order valence-corrected chi connectivity index (χ1v) is 9.82. The van der Waals surface area contributed by atoms with E-state index in [0.717, 1.165) is 31.7 Å². The molecule has 2 amide bonds. The molecule has 1 saturated heterocycles. The lowest BCUT2D eigenvalue weighted by Gasteiger charge is -2.41. The number of nitro groups is 1. The fraction of sp³-hybridized carbons (Fsp3) is 0.579. The van der Waals surface area contributed by atoms with E-state index in [9.17, 15) is 19.7 Å². The van der Waals surface area contributed by atoms with Crippen molar-refractivity contribution in [2.24, 2.45) is 11.8 Å². The number of fused-ring (bicyclic) bond motifs is 1. The molecule has 1 heterocycles. The van der Waals surface area contributed by atoms with Crippen molar-refractivity contribution in [2.75, 3.05) is 13.7 Å².